The largest absolute Gasteiger partial charge is 0.495 e. The van der Waals surface area contributed by atoms with Crippen molar-refractivity contribution >= 4 is 21.2 Å². The topological polar surface area (TPSA) is 116 Å². The molecule has 2 heterocycles. The van der Waals surface area contributed by atoms with Crippen LogP contribution in [0.2, 0.25) is 0 Å². The van der Waals surface area contributed by atoms with Crippen LogP contribution >= 0.6 is 0 Å². The number of hydrogen-bond donors (Lipinski definition) is 2. The lowest BCUT2D eigenvalue weighted by Crippen LogP contribution is -2.28. The van der Waals surface area contributed by atoms with E-state index in [9.17, 15) is 12.8 Å². The number of pyridine rings is 1. The van der Waals surface area contributed by atoms with Crippen molar-refractivity contribution < 1.29 is 27.4 Å². The van der Waals surface area contributed by atoms with Crippen LogP contribution in [0.5, 0.6) is 11.5 Å². The number of rotatable bonds is 6. The van der Waals surface area contributed by atoms with Crippen molar-refractivity contribution in [3.05, 3.63) is 36.4 Å². The van der Waals surface area contributed by atoms with Gasteiger partial charge in [-0.3, -0.25) is 4.40 Å². The van der Waals surface area contributed by atoms with Gasteiger partial charge in [0.2, 0.25) is 0 Å². The molecular formula is C20H24FN3O5S. The number of aliphatic hydroxyl groups is 1. The molecule has 0 aliphatic rings. The molecule has 0 aliphatic carbocycles. The van der Waals surface area contributed by atoms with E-state index in [-0.39, 0.29) is 35.3 Å². The van der Waals surface area contributed by atoms with Gasteiger partial charge in [0.25, 0.3) is 0 Å². The zero-order chi connectivity index (χ0) is 22.3. The molecule has 3 aromatic rings. The lowest BCUT2D eigenvalue weighted by atomic mass is 10.1. The lowest BCUT2D eigenvalue weighted by Gasteiger charge is -2.21. The van der Waals surface area contributed by atoms with Gasteiger partial charge in [-0.1, -0.05) is 0 Å². The Morgan fingerprint density at radius 2 is 1.97 bits per heavy atom. The molecule has 3 N–H and O–H groups in total. The maximum Gasteiger partial charge on any atom is 0.188 e. The number of aliphatic hydroxyl groups excluding tert-OH is 1. The second-order valence-electron chi connectivity index (χ2n) is 7.64. The maximum absolute atomic E-state index is 14.5. The van der Waals surface area contributed by atoms with E-state index >= 15 is 0 Å². The molecule has 0 amide bonds. The number of sulfone groups is 1. The van der Waals surface area contributed by atoms with Crippen molar-refractivity contribution in [3.63, 3.8) is 0 Å². The van der Waals surface area contributed by atoms with Crippen LogP contribution in [-0.4, -0.2) is 48.0 Å². The molecule has 2 aromatic heterocycles. The predicted molar refractivity (Wildman–Crippen MR) is 111 cm³/mol. The van der Waals surface area contributed by atoms with Gasteiger partial charge in [-0.25, -0.2) is 17.8 Å². The molecule has 0 atom stereocenters. The molecule has 3 rings (SSSR count). The van der Waals surface area contributed by atoms with Gasteiger partial charge in [-0.2, -0.15) is 0 Å². The fourth-order valence-corrected chi connectivity index (χ4v) is 4.27. The first-order chi connectivity index (χ1) is 14.0. The number of nitrogen functional groups attached to an aromatic ring is 1. The molecule has 0 radical (unpaired) electrons. The summed E-state index contributed by atoms with van der Waals surface area (Å²) < 4.78 is 51.6. The minimum absolute atomic E-state index is 0.000549. The van der Waals surface area contributed by atoms with Crippen LogP contribution in [0.25, 0.3) is 16.9 Å². The number of ether oxygens (including phenoxy) is 2. The highest BCUT2D eigenvalue weighted by molar-refractivity contribution is 7.92. The molecule has 0 aliphatic heterocycles. The van der Waals surface area contributed by atoms with Gasteiger partial charge < -0.3 is 20.3 Å². The number of methoxy groups -OCH3 is 1. The van der Waals surface area contributed by atoms with E-state index in [2.05, 4.69) is 4.98 Å². The summed E-state index contributed by atoms with van der Waals surface area (Å²) in [4.78, 5) is 4.28. The zero-order valence-corrected chi connectivity index (χ0v) is 18.0. The molecule has 0 saturated heterocycles. The van der Waals surface area contributed by atoms with Crippen molar-refractivity contribution in [2.45, 2.75) is 30.4 Å². The number of nitrogens with two attached hydrogens (primary N) is 1. The Morgan fingerprint density at radius 3 is 2.53 bits per heavy atom. The molecule has 0 saturated carbocycles. The Balaban J connectivity index is 2.21. The van der Waals surface area contributed by atoms with Crippen LogP contribution in [0, 0.1) is 5.82 Å². The first kappa shape index (κ1) is 21.8. The fourth-order valence-electron chi connectivity index (χ4n) is 2.95. The van der Waals surface area contributed by atoms with E-state index in [1.165, 1.54) is 37.7 Å². The third-order valence-electron chi connectivity index (χ3n) is 4.60. The SMILES string of the molecule is COc1cc2ncc(-c3cc(N)c(OCCO)c(F)c3)n2cc1S(=O)(=O)C(C)(C)C. The summed E-state index contributed by atoms with van der Waals surface area (Å²) in [5, 5.41) is 8.86. The van der Waals surface area contributed by atoms with Crippen LogP contribution in [-0.2, 0) is 9.84 Å². The zero-order valence-electron chi connectivity index (χ0n) is 17.1. The van der Waals surface area contributed by atoms with Crippen molar-refractivity contribution in [3.8, 4) is 22.8 Å². The number of fused-ring (bicyclic) bond motifs is 1. The second-order valence-corrected chi connectivity index (χ2v) is 10.3. The van der Waals surface area contributed by atoms with E-state index in [4.69, 9.17) is 20.3 Å². The number of anilines is 1. The van der Waals surface area contributed by atoms with Gasteiger partial charge in [-0.15, -0.1) is 0 Å². The van der Waals surface area contributed by atoms with E-state index in [1.807, 2.05) is 0 Å². The van der Waals surface area contributed by atoms with Gasteiger partial charge in [0.1, 0.15) is 22.9 Å². The number of nitrogens with zero attached hydrogens (tertiary/aromatic N) is 2. The summed E-state index contributed by atoms with van der Waals surface area (Å²) in [5.41, 5.74) is 7.22. The van der Waals surface area contributed by atoms with E-state index < -0.39 is 20.4 Å². The second kappa shape index (κ2) is 7.77. The number of halogens is 1. The average Bonchev–Trinajstić information content (AvgIpc) is 3.08. The normalized spacial score (nSPS) is 12.3. The Kier molecular flexibility index (Phi) is 5.66. The van der Waals surface area contributed by atoms with Crippen molar-refractivity contribution in [2.75, 3.05) is 26.1 Å². The predicted octanol–water partition coefficient (Wildman–Crippen LogP) is 2.67. The van der Waals surface area contributed by atoms with Crippen LogP contribution in [0.3, 0.4) is 0 Å². The summed E-state index contributed by atoms with van der Waals surface area (Å²) in [6.07, 6.45) is 2.91. The summed E-state index contributed by atoms with van der Waals surface area (Å²) in [6, 6.07) is 4.23. The van der Waals surface area contributed by atoms with Crippen LogP contribution in [0.15, 0.2) is 35.5 Å². The molecular weight excluding hydrogens is 413 g/mol. The van der Waals surface area contributed by atoms with Crippen LogP contribution in [0.1, 0.15) is 20.8 Å². The quantitative estimate of drug-likeness (QED) is 0.570. The Hall–Kier alpha value is -2.85. The Bertz CT molecular complexity index is 1180. The van der Waals surface area contributed by atoms with Gasteiger partial charge in [0, 0.05) is 17.8 Å². The Morgan fingerprint density at radius 1 is 1.27 bits per heavy atom. The van der Waals surface area contributed by atoms with E-state index in [0.29, 0.717) is 16.9 Å². The standard InChI is InChI=1S/C20H24FN3O5S/c1-20(2,3)30(26,27)17-11-24-15(10-23-18(24)9-16(17)28-4)12-7-13(21)19(14(22)8-12)29-6-5-25/h7-11,25H,5-6,22H2,1-4H3. The molecule has 8 nitrogen and oxygen atoms in total. The summed E-state index contributed by atoms with van der Waals surface area (Å²) in [6.45, 7) is 4.43. The van der Waals surface area contributed by atoms with Crippen LogP contribution < -0.4 is 15.2 Å². The van der Waals surface area contributed by atoms with E-state index in [1.54, 1.807) is 25.2 Å². The highest BCUT2D eigenvalue weighted by atomic mass is 32.2. The summed E-state index contributed by atoms with van der Waals surface area (Å²) in [7, 11) is -2.35. The molecule has 1 aromatic carbocycles. The number of hydrogen-bond acceptors (Lipinski definition) is 7. The number of imidazole rings is 1. The van der Waals surface area contributed by atoms with Gasteiger partial charge in [0.15, 0.2) is 21.4 Å². The molecule has 0 fully saturated rings. The summed E-state index contributed by atoms with van der Waals surface area (Å²) in [5.74, 6) is -0.684. The lowest BCUT2D eigenvalue weighted by molar-refractivity contribution is 0.197. The smallest absolute Gasteiger partial charge is 0.188 e. The third kappa shape index (κ3) is 3.68. The van der Waals surface area contributed by atoms with Gasteiger partial charge in [-0.05, 0) is 32.9 Å². The molecule has 30 heavy (non-hydrogen) atoms. The molecule has 0 spiro atoms. The number of aromatic nitrogens is 2. The Labute approximate surface area is 174 Å². The minimum Gasteiger partial charge on any atom is -0.495 e. The maximum atomic E-state index is 14.5. The average molecular weight is 437 g/mol. The van der Waals surface area contributed by atoms with Crippen molar-refractivity contribution in [2.24, 2.45) is 0 Å². The van der Waals surface area contributed by atoms with Crippen LogP contribution in [0.4, 0.5) is 10.1 Å². The monoisotopic (exact) mass is 437 g/mol. The van der Waals surface area contributed by atoms with Gasteiger partial charge in [0.05, 0.1) is 36.0 Å². The van der Waals surface area contributed by atoms with Gasteiger partial charge >= 0.3 is 0 Å². The van der Waals surface area contributed by atoms with Crippen molar-refractivity contribution in [1.82, 2.24) is 9.38 Å². The highest BCUT2D eigenvalue weighted by Gasteiger charge is 2.34. The van der Waals surface area contributed by atoms with E-state index in [0.717, 1.165) is 0 Å². The highest BCUT2D eigenvalue weighted by Crippen LogP contribution is 2.36. The summed E-state index contributed by atoms with van der Waals surface area (Å²) >= 11 is 0. The van der Waals surface area contributed by atoms with Crippen molar-refractivity contribution in [1.29, 1.82) is 0 Å². The fraction of sp³-hybridized carbons (Fsp3) is 0.350. The first-order valence-corrected chi connectivity index (χ1v) is 10.6. The number of benzene rings is 1. The molecule has 10 heteroatoms. The molecule has 0 unspecified atom stereocenters. The minimum atomic E-state index is -3.74. The third-order valence-corrected chi connectivity index (χ3v) is 7.09. The molecule has 0 bridgehead atoms. The molecule has 162 valence electrons. The first-order valence-electron chi connectivity index (χ1n) is 9.14.